The summed E-state index contributed by atoms with van der Waals surface area (Å²) in [5, 5.41) is 0.537. The smallest absolute Gasteiger partial charge is 0.311 e. The Balaban J connectivity index is 2.12. The lowest BCUT2D eigenvalue weighted by molar-refractivity contribution is -0.149. The van der Waals surface area contributed by atoms with Gasteiger partial charge in [-0.3, -0.25) is 4.79 Å². The number of carbonyl (C=O) groups excluding carboxylic acids is 1. The number of benzene rings is 1. The fourth-order valence-electron chi connectivity index (χ4n) is 2.63. The van der Waals surface area contributed by atoms with E-state index < -0.39 is 6.10 Å². The summed E-state index contributed by atoms with van der Waals surface area (Å²) in [6.07, 6.45) is 6.38. The lowest BCUT2D eigenvalue weighted by Crippen LogP contribution is -2.14. The molecule has 1 aliphatic rings. The molecular formula is C17H15Cl3O2. The number of ether oxygens (including phenoxy) is 1. The van der Waals surface area contributed by atoms with Gasteiger partial charge in [0.25, 0.3) is 0 Å². The first-order chi connectivity index (χ1) is 10.3. The molecule has 0 aliphatic heterocycles. The number of allylic oxidation sites excluding steroid dienone is 1. The van der Waals surface area contributed by atoms with Gasteiger partial charge in [0.1, 0.15) is 4.49 Å². The third kappa shape index (κ3) is 3.60. The number of carbonyl (C=O) groups is 1. The van der Waals surface area contributed by atoms with Gasteiger partial charge in [0.15, 0.2) is 6.10 Å². The number of esters is 1. The van der Waals surface area contributed by atoms with Crippen LogP contribution in [0.1, 0.15) is 25.5 Å². The molecule has 1 aliphatic carbocycles. The lowest BCUT2D eigenvalue weighted by Gasteiger charge is -2.13. The number of terminal acetylenes is 1. The van der Waals surface area contributed by atoms with E-state index in [-0.39, 0.29) is 27.7 Å². The molecule has 0 saturated heterocycles. The topological polar surface area (TPSA) is 26.3 Å². The third-order valence-electron chi connectivity index (χ3n) is 4.01. The summed E-state index contributed by atoms with van der Waals surface area (Å²) in [4.78, 5) is 12.4. The lowest BCUT2D eigenvalue weighted by atomic mass is 10.1. The molecule has 22 heavy (non-hydrogen) atoms. The average molecular weight is 358 g/mol. The summed E-state index contributed by atoms with van der Waals surface area (Å²) in [5.74, 6) is 1.75. The SMILES string of the molecule is C#CC(OC(=O)[C@@H]1[C@@H](C=C(Cl)Cl)C1(C)C)c1cccc(Cl)c1. The molecule has 1 saturated carbocycles. The molecule has 0 bridgehead atoms. The Morgan fingerprint density at radius 3 is 2.68 bits per heavy atom. The monoisotopic (exact) mass is 356 g/mol. The number of hydrogen-bond donors (Lipinski definition) is 0. The first-order valence-corrected chi connectivity index (χ1v) is 7.85. The zero-order chi connectivity index (χ0) is 16.5. The molecule has 116 valence electrons. The van der Waals surface area contributed by atoms with Gasteiger partial charge in [-0.1, -0.05) is 66.7 Å². The number of halogens is 3. The average Bonchev–Trinajstić information content (AvgIpc) is 2.96. The van der Waals surface area contributed by atoms with Crippen LogP contribution in [0.5, 0.6) is 0 Å². The van der Waals surface area contributed by atoms with Crippen LogP contribution in [-0.4, -0.2) is 5.97 Å². The summed E-state index contributed by atoms with van der Waals surface area (Å²) in [5.41, 5.74) is 0.420. The van der Waals surface area contributed by atoms with Crippen molar-refractivity contribution in [3.05, 3.63) is 45.4 Å². The van der Waals surface area contributed by atoms with Crippen LogP contribution in [0.15, 0.2) is 34.8 Å². The molecule has 1 unspecified atom stereocenters. The van der Waals surface area contributed by atoms with E-state index in [9.17, 15) is 4.79 Å². The normalized spacial score (nSPS) is 23.1. The Kier molecular flexibility index (Phi) is 5.12. The minimum absolute atomic E-state index is 0.0530. The van der Waals surface area contributed by atoms with E-state index >= 15 is 0 Å². The van der Waals surface area contributed by atoms with Crippen LogP contribution in [0.4, 0.5) is 0 Å². The predicted molar refractivity (Wildman–Crippen MR) is 89.7 cm³/mol. The van der Waals surface area contributed by atoms with Gasteiger partial charge in [0.05, 0.1) is 5.92 Å². The maximum absolute atomic E-state index is 12.4. The first kappa shape index (κ1) is 17.2. The van der Waals surface area contributed by atoms with Crippen LogP contribution < -0.4 is 0 Å². The molecule has 2 nitrogen and oxygen atoms in total. The van der Waals surface area contributed by atoms with E-state index in [0.717, 1.165) is 0 Å². The van der Waals surface area contributed by atoms with Gasteiger partial charge >= 0.3 is 5.97 Å². The van der Waals surface area contributed by atoms with Crippen molar-refractivity contribution in [3.63, 3.8) is 0 Å². The fourth-order valence-corrected chi connectivity index (χ4v) is 3.10. The van der Waals surface area contributed by atoms with Gasteiger partial charge in [-0.05, 0) is 29.5 Å². The summed E-state index contributed by atoms with van der Waals surface area (Å²) < 4.78 is 5.61. The highest BCUT2D eigenvalue weighted by Crippen LogP contribution is 2.60. The number of rotatable bonds is 4. The molecule has 0 amide bonds. The second-order valence-corrected chi connectivity index (χ2v) is 7.26. The molecule has 0 radical (unpaired) electrons. The Labute approximate surface area is 145 Å². The van der Waals surface area contributed by atoms with Crippen molar-refractivity contribution >= 4 is 40.8 Å². The summed E-state index contributed by atoms with van der Waals surface area (Å²) in [6, 6.07) is 6.95. The highest BCUT2D eigenvalue weighted by atomic mass is 35.5. The van der Waals surface area contributed by atoms with Gasteiger partial charge in [-0.2, -0.15) is 0 Å². The van der Waals surface area contributed by atoms with Crippen molar-refractivity contribution in [3.8, 4) is 12.3 Å². The maximum Gasteiger partial charge on any atom is 0.311 e. The Bertz CT molecular complexity index is 654. The summed E-state index contributed by atoms with van der Waals surface area (Å²) in [6.45, 7) is 3.92. The van der Waals surface area contributed by atoms with Crippen LogP contribution >= 0.6 is 34.8 Å². The van der Waals surface area contributed by atoms with Gasteiger partial charge in [-0.25, -0.2) is 0 Å². The highest BCUT2D eigenvalue weighted by Gasteiger charge is 2.61. The van der Waals surface area contributed by atoms with Crippen LogP contribution in [0.2, 0.25) is 5.02 Å². The summed E-state index contributed by atoms with van der Waals surface area (Å²) >= 11 is 17.3. The molecule has 1 aromatic rings. The minimum Gasteiger partial charge on any atom is -0.444 e. The Morgan fingerprint density at radius 2 is 2.14 bits per heavy atom. The molecule has 5 heteroatoms. The molecule has 0 heterocycles. The van der Waals surface area contributed by atoms with Gasteiger partial charge in [-0.15, -0.1) is 6.42 Å². The molecule has 2 rings (SSSR count). The van der Waals surface area contributed by atoms with Crippen molar-refractivity contribution < 1.29 is 9.53 Å². The zero-order valence-electron chi connectivity index (χ0n) is 12.1. The molecule has 1 aromatic carbocycles. The quantitative estimate of drug-likeness (QED) is 0.550. The van der Waals surface area contributed by atoms with E-state index in [1.54, 1.807) is 30.3 Å². The zero-order valence-corrected chi connectivity index (χ0v) is 14.4. The molecule has 0 aromatic heterocycles. The van der Waals surface area contributed by atoms with Gasteiger partial charge in [0.2, 0.25) is 0 Å². The van der Waals surface area contributed by atoms with E-state index in [2.05, 4.69) is 5.92 Å². The van der Waals surface area contributed by atoms with Crippen LogP contribution in [-0.2, 0) is 9.53 Å². The second kappa shape index (κ2) is 6.54. The second-order valence-electron chi connectivity index (χ2n) is 5.82. The van der Waals surface area contributed by atoms with E-state index in [4.69, 9.17) is 46.0 Å². The molecule has 1 fully saturated rings. The van der Waals surface area contributed by atoms with Crippen molar-refractivity contribution in [1.82, 2.24) is 0 Å². The standard InChI is InChI=1S/C17H15Cl3O2/c1-4-13(10-6-5-7-11(18)8-10)22-16(21)15-12(9-14(19)20)17(15,2)3/h1,5-9,12-13,15H,2-3H3/t12-,13?,15+/m1/s1. The van der Waals surface area contributed by atoms with Crippen molar-refractivity contribution in [2.24, 2.45) is 17.3 Å². The Hall–Kier alpha value is -1.14. The maximum atomic E-state index is 12.4. The summed E-state index contributed by atoms with van der Waals surface area (Å²) in [7, 11) is 0. The van der Waals surface area contributed by atoms with E-state index in [0.29, 0.717) is 10.6 Å². The van der Waals surface area contributed by atoms with Crippen molar-refractivity contribution in [1.29, 1.82) is 0 Å². The largest absolute Gasteiger partial charge is 0.444 e. The molecular weight excluding hydrogens is 343 g/mol. The van der Waals surface area contributed by atoms with Crippen LogP contribution in [0, 0.1) is 29.6 Å². The molecule has 0 spiro atoms. The molecule has 3 atom stereocenters. The van der Waals surface area contributed by atoms with Crippen LogP contribution in [0.3, 0.4) is 0 Å². The minimum atomic E-state index is -0.765. The van der Waals surface area contributed by atoms with Gasteiger partial charge in [0, 0.05) is 10.6 Å². The number of hydrogen-bond acceptors (Lipinski definition) is 2. The fraction of sp³-hybridized carbons (Fsp3) is 0.353. The van der Waals surface area contributed by atoms with Crippen molar-refractivity contribution in [2.45, 2.75) is 20.0 Å². The molecule has 0 N–H and O–H groups in total. The third-order valence-corrected chi connectivity index (χ3v) is 4.49. The van der Waals surface area contributed by atoms with E-state index in [1.807, 2.05) is 13.8 Å². The van der Waals surface area contributed by atoms with E-state index in [1.165, 1.54) is 0 Å². The Morgan fingerprint density at radius 1 is 1.45 bits per heavy atom. The van der Waals surface area contributed by atoms with Gasteiger partial charge < -0.3 is 4.74 Å². The van der Waals surface area contributed by atoms with Crippen molar-refractivity contribution in [2.75, 3.05) is 0 Å². The first-order valence-electron chi connectivity index (χ1n) is 6.72. The predicted octanol–water partition coefficient (Wildman–Crippen LogP) is 5.15. The highest BCUT2D eigenvalue weighted by molar-refractivity contribution is 6.55. The van der Waals surface area contributed by atoms with Crippen LogP contribution in [0.25, 0.3) is 0 Å².